The summed E-state index contributed by atoms with van der Waals surface area (Å²) in [5.74, 6) is -0.281. The number of pyridine rings is 1. The van der Waals surface area contributed by atoms with Crippen molar-refractivity contribution < 1.29 is 4.39 Å². The van der Waals surface area contributed by atoms with Crippen LogP contribution in [0.4, 0.5) is 4.39 Å². The lowest BCUT2D eigenvalue weighted by Gasteiger charge is -1.98. The fraction of sp³-hybridized carbons (Fsp3) is 0.286. The van der Waals surface area contributed by atoms with Gasteiger partial charge in [0.2, 0.25) is 0 Å². The molecule has 0 aliphatic heterocycles. The zero-order valence-electron chi connectivity index (χ0n) is 5.76. The Balaban J connectivity index is 3.09. The van der Waals surface area contributed by atoms with Crippen LogP contribution in [-0.2, 0) is 6.42 Å². The maximum Gasteiger partial charge on any atom is 0.144 e. The van der Waals surface area contributed by atoms with Crippen LogP contribution in [-0.4, -0.2) is 12.8 Å². The van der Waals surface area contributed by atoms with Gasteiger partial charge in [0.1, 0.15) is 13.7 Å². The summed E-state index contributed by atoms with van der Waals surface area (Å²) in [5.41, 5.74) is 0.991. The minimum atomic E-state index is -0.281. The number of nitrogens with zero attached hydrogens (tertiary/aromatic N) is 1. The Hall–Kier alpha value is -0.855. The van der Waals surface area contributed by atoms with E-state index in [1.807, 2.05) is 6.92 Å². The first kappa shape index (κ1) is 7.25. The molecule has 1 rings (SSSR count). The first-order chi connectivity index (χ1) is 4.74. The molecule has 1 aromatic rings. The molecule has 10 heavy (non-hydrogen) atoms. The van der Waals surface area contributed by atoms with E-state index in [2.05, 4.69) is 4.98 Å². The van der Waals surface area contributed by atoms with E-state index in [1.165, 1.54) is 0 Å². The third-order valence-corrected chi connectivity index (χ3v) is 1.34. The van der Waals surface area contributed by atoms with Gasteiger partial charge in [-0.1, -0.05) is 6.92 Å². The molecule has 1 nitrogen and oxygen atoms in total. The number of halogens is 1. The van der Waals surface area contributed by atoms with Crippen LogP contribution in [0.1, 0.15) is 12.5 Å². The number of aryl methyl sites for hydroxylation is 1. The predicted octanol–water partition coefficient (Wildman–Crippen LogP) is 0.577. The molecule has 0 amide bonds. The highest BCUT2D eigenvalue weighted by molar-refractivity contribution is 6.30. The van der Waals surface area contributed by atoms with Crippen molar-refractivity contribution in [2.75, 3.05) is 0 Å². The second kappa shape index (κ2) is 2.82. The number of aromatic nitrogens is 1. The molecule has 0 unspecified atom stereocenters. The van der Waals surface area contributed by atoms with Crippen LogP contribution in [0.15, 0.2) is 12.3 Å². The summed E-state index contributed by atoms with van der Waals surface area (Å²) >= 11 is 0. The summed E-state index contributed by atoms with van der Waals surface area (Å²) in [6, 6.07) is 1.55. The van der Waals surface area contributed by atoms with Gasteiger partial charge < -0.3 is 0 Å². The molecule has 2 radical (unpaired) electrons. The Bertz CT molecular complexity index is 237. The average molecular weight is 135 g/mol. The van der Waals surface area contributed by atoms with Crippen LogP contribution in [0, 0.1) is 5.82 Å². The highest BCUT2D eigenvalue weighted by atomic mass is 19.1. The first-order valence-corrected chi connectivity index (χ1v) is 3.14. The monoisotopic (exact) mass is 135 g/mol. The fourth-order valence-corrected chi connectivity index (χ4v) is 0.770. The van der Waals surface area contributed by atoms with Crippen LogP contribution >= 0.6 is 0 Å². The van der Waals surface area contributed by atoms with Crippen LogP contribution in [0.3, 0.4) is 0 Å². The quantitative estimate of drug-likeness (QED) is 0.513. The molecule has 0 aliphatic rings. The van der Waals surface area contributed by atoms with Crippen molar-refractivity contribution in [1.29, 1.82) is 0 Å². The van der Waals surface area contributed by atoms with Gasteiger partial charge in [0.25, 0.3) is 0 Å². The number of hydrogen-bond donors (Lipinski definition) is 0. The van der Waals surface area contributed by atoms with Gasteiger partial charge in [0.05, 0.1) is 6.20 Å². The van der Waals surface area contributed by atoms with Crippen molar-refractivity contribution in [2.45, 2.75) is 13.3 Å². The van der Waals surface area contributed by atoms with Crippen LogP contribution < -0.4 is 5.59 Å². The van der Waals surface area contributed by atoms with E-state index in [9.17, 15) is 4.39 Å². The van der Waals surface area contributed by atoms with E-state index in [0.29, 0.717) is 17.6 Å². The highest BCUT2D eigenvalue weighted by Crippen LogP contribution is 2.02. The normalized spacial score (nSPS) is 9.80. The first-order valence-electron chi connectivity index (χ1n) is 3.14. The SMILES string of the molecule is [B]c1cc(CC)c(F)cn1. The van der Waals surface area contributed by atoms with Crippen LogP contribution in [0.5, 0.6) is 0 Å². The van der Waals surface area contributed by atoms with Crippen molar-refractivity contribution >= 4 is 13.4 Å². The molecular formula is C7H7BFN. The van der Waals surface area contributed by atoms with Crippen molar-refractivity contribution in [3.63, 3.8) is 0 Å². The van der Waals surface area contributed by atoms with E-state index in [1.54, 1.807) is 6.07 Å². The summed E-state index contributed by atoms with van der Waals surface area (Å²) in [6.07, 6.45) is 1.80. The largest absolute Gasteiger partial charge is 0.270 e. The molecule has 0 aromatic carbocycles. The van der Waals surface area contributed by atoms with Crippen LogP contribution in [0.25, 0.3) is 0 Å². The smallest absolute Gasteiger partial charge is 0.144 e. The highest BCUT2D eigenvalue weighted by Gasteiger charge is 1.98. The average Bonchev–Trinajstić information content (AvgIpc) is 1.94. The molecule has 3 heteroatoms. The van der Waals surface area contributed by atoms with Crippen LogP contribution in [0.2, 0.25) is 0 Å². The van der Waals surface area contributed by atoms with E-state index in [4.69, 9.17) is 7.85 Å². The maximum atomic E-state index is 12.7. The molecule has 50 valence electrons. The second-order valence-electron chi connectivity index (χ2n) is 2.05. The van der Waals surface area contributed by atoms with Gasteiger partial charge in [0, 0.05) is 0 Å². The lowest BCUT2D eigenvalue weighted by molar-refractivity contribution is 0.607. The zero-order chi connectivity index (χ0) is 7.56. The number of rotatable bonds is 1. The predicted molar refractivity (Wildman–Crippen MR) is 39.0 cm³/mol. The van der Waals surface area contributed by atoms with Gasteiger partial charge in [-0.25, -0.2) is 4.39 Å². The van der Waals surface area contributed by atoms with Crippen molar-refractivity contribution in [3.05, 3.63) is 23.6 Å². The van der Waals surface area contributed by atoms with Crippen molar-refractivity contribution in [2.24, 2.45) is 0 Å². The summed E-state index contributed by atoms with van der Waals surface area (Å²) in [5, 5.41) is 0. The van der Waals surface area contributed by atoms with Gasteiger partial charge in [-0.3, -0.25) is 4.98 Å². The Morgan fingerprint density at radius 2 is 2.40 bits per heavy atom. The standard InChI is InChI=1S/C7H7BFN/c1-2-5-3-7(8)10-4-6(5)9/h3-4H,2H2,1H3. The molecule has 0 atom stereocenters. The summed E-state index contributed by atoms with van der Waals surface area (Å²) in [7, 11) is 5.33. The lowest BCUT2D eigenvalue weighted by atomic mass is 10.0. The van der Waals surface area contributed by atoms with Gasteiger partial charge in [0.15, 0.2) is 0 Å². The van der Waals surface area contributed by atoms with Crippen molar-refractivity contribution in [1.82, 2.24) is 4.98 Å². The lowest BCUT2D eigenvalue weighted by Crippen LogP contribution is -2.09. The zero-order valence-corrected chi connectivity index (χ0v) is 5.76. The van der Waals surface area contributed by atoms with E-state index in [-0.39, 0.29) is 5.82 Å². The molecule has 0 spiro atoms. The summed E-state index contributed by atoms with van der Waals surface area (Å²) in [6.45, 7) is 1.87. The van der Waals surface area contributed by atoms with Gasteiger partial charge >= 0.3 is 0 Å². The summed E-state index contributed by atoms with van der Waals surface area (Å²) in [4.78, 5) is 3.59. The number of hydrogen-bond acceptors (Lipinski definition) is 1. The molecule has 0 N–H and O–H groups in total. The molecule has 0 bridgehead atoms. The Morgan fingerprint density at radius 1 is 1.70 bits per heavy atom. The third kappa shape index (κ3) is 1.35. The fourth-order valence-electron chi connectivity index (χ4n) is 0.770. The third-order valence-electron chi connectivity index (χ3n) is 1.34. The summed E-state index contributed by atoms with van der Waals surface area (Å²) < 4.78 is 12.7. The Kier molecular flexibility index (Phi) is 2.04. The molecule has 0 fully saturated rings. The van der Waals surface area contributed by atoms with E-state index < -0.39 is 0 Å². The molecule has 0 aliphatic carbocycles. The minimum Gasteiger partial charge on any atom is -0.270 e. The molecule has 0 saturated heterocycles. The topological polar surface area (TPSA) is 12.9 Å². The molecular weight excluding hydrogens is 128 g/mol. The maximum absolute atomic E-state index is 12.7. The van der Waals surface area contributed by atoms with Gasteiger partial charge in [-0.15, -0.1) is 0 Å². The van der Waals surface area contributed by atoms with E-state index in [0.717, 1.165) is 6.20 Å². The molecule has 1 heterocycles. The molecule has 1 aromatic heterocycles. The van der Waals surface area contributed by atoms with Crippen molar-refractivity contribution in [3.8, 4) is 0 Å². The second-order valence-corrected chi connectivity index (χ2v) is 2.05. The van der Waals surface area contributed by atoms with Gasteiger partial charge in [-0.05, 0) is 23.6 Å². The van der Waals surface area contributed by atoms with E-state index >= 15 is 0 Å². The Labute approximate surface area is 60.7 Å². The molecule has 0 saturated carbocycles. The van der Waals surface area contributed by atoms with Gasteiger partial charge in [-0.2, -0.15) is 0 Å². The Morgan fingerprint density at radius 3 is 2.90 bits per heavy atom. The minimum absolute atomic E-state index is 0.281.